The Kier molecular flexibility index (Phi) is 3.64. The molecule has 14 heavy (non-hydrogen) atoms. The van der Waals surface area contributed by atoms with Crippen molar-refractivity contribution in [1.82, 2.24) is 5.32 Å². The number of furan rings is 1. The minimum Gasteiger partial charge on any atom is -0.469 e. The molecular formula is C12H19NO. The standard InChI is InChI=1S/C12H19NO/c1(6-12-7-3-9-14-12)4-11-5-2-8-13-10-11/h3,7,9,11,13H,1-2,4-6,8,10H2/t11-/m1/s1. The first-order chi connectivity index (χ1) is 6.95. The molecule has 2 rings (SSSR count). The molecule has 0 amide bonds. The van der Waals surface area contributed by atoms with Crippen molar-refractivity contribution < 1.29 is 4.42 Å². The summed E-state index contributed by atoms with van der Waals surface area (Å²) in [6, 6.07) is 4.04. The summed E-state index contributed by atoms with van der Waals surface area (Å²) in [4.78, 5) is 0. The summed E-state index contributed by atoms with van der Waals surface area (Å²) in [6.45, 7) is 2.44. The zero-order valence-electron chi connectivity index (χ0n) is 8.67. The van der Waals surface area contributed by atoms with Gasteiger partial charge in [0.25, 0.3) is 0 Å². The number of hydrogen-bond acceptors (Lipinski definition) is 2. The summed E-state index contributed by atoms with van der Waals surface area (Å²) in [5, 5.41) is 3.46. The molecular weight excluding hydrogens is 174 g/mol. The molecule has 1 aromatic rings. The van der Waals surface area contributed by atoms with Crippen LogP contribution in [0.4, 0.5) is 0 Å². The van der Waals surface area contributed by atoms with Crippen LogP contribution in [-0.4, -0.2) is 13.1 Å². The highest BCUT2D eigenvalue weighted by Gasteiger charge is 2.12. The van der Waals surface area contributed by atoms with Crippen molar-refractivity contribution in [2.24, 2.45) is 5.92 Å². The summed E-state index contributed by atoms with van der Waals surface area (Å²) in [7, 11) is 0. The quantitative estimate of drug-likeness (QED) is 0.795. The maximum absolute atomic E-state index is 5.31. The number of rotatable bonds is 4. The molecule has 1 saturated heterocycles. The Morgan fingerprint density at radius 2 is 2.50 bits per heavy atom. The van der Waals surface area contributed by atoms with Crippen LogP contribution in [0.1, 0.15) is 31.4 Å². The van der Waals surface area contributed by atoms with Gasteiger partial charge in [-0.05, 0) is 56.8 Å². The molecule has 0 spiro atoms. The Bertz CT molecular complexity index is 237. The Labute approximate surface area is 85.7 Å². The van der Waals surface area contributed by atoms with Gasteiger partial charge in [-0.3, -0.25) is 0 Å². The summed E-state index contributed by atoms with van der Waals surface area (Å²) < 4.78 is 5.31. The molecule has 0 aromatic carbocycles. The molecule has 1 fully saturated rings. The molecule has 2 nitrogen and oxygen atoms in total. The van der Waals surface area contributed by atoms with E-state index in [1.807, 2.05) is 6.07 Å². The molecule has 2 heterocycles. The van der Waals surface area contributed by atoms with E-state index in [-0.39, 0.29) is 0 Å². The summed E-state index contributed by atoms with van der Waals surface area (Å²) in [5.74, 6) is 2.03. The fourth-order valence-electron chi connectivity index (χ4n) is 2.19. The fraction of sp³-hybridized carbons (Fsp3) is 0.667. The highest BCUT2D eigenvalue weighted by molar-refractivity contribution is 4.97. The van der Waals surface area contributed by atoms with E-state index in [0.29, 0.717) is 0 Å². The van der Waals surface area contributed by atoms with Gasteiger partial charge in [-0.15, -0.1) is 0 Å². The lowest BCUT2D eigenvalue weighted by Crippen LogP contribution is -2.29. The van der Waals surface area contributed by atoms with Crippen LogP contribution < -0.4 is 5.32 Å². The predicted octanol–water partition coefficient (Wildman–Crippen LogP) is 2.60. The van der Waals surface area contributed by atoms with Crippen LogP contribution in [0.15, 0.2) is 22.8 Å². The average Bonchev–Trinajstić information content (AvgIpc) is 2.72. The van der Waals surface area contributed by atoms with Gasteiger partial charge in [0.1, 0.15) is 5.76 Å². The lowest BCUT2D eigenvalue weighted by atomic mass is 9.94. The van der Waals surface area contributed by atoms with E-state index in [0.717, 1.165) is 18.1 Å². The molecule has 2 heteroatoms. The minimum absolute atomic E-state index is 0.902. The van der Waals surface area contributed by atoms with Crippen molar-refractivity contribution in [3.05, 3.63) is 24.2 Å². The van der Waals surface area contributed by atoms with Gasteiger partial charge in [-0.1, -0.05) is 0 Å². The van der Waals surface area contributed by atoms with Crippen molar-refractivity contribution in [3.63, 3.8) is 0 Å². The monoisotopic (exact) mass is 193 g/mol. The highest BCUT2D eigenvalue weighted by atomic mass is 16.3. The first-order valence-corrected chi connectivity index (χ1v) is 5.68. The van der Waals surface area contributed by atoms with Crippen molar-refractivity contribution in [1.29, 1.82) is 0 Å². The number of hydrogen-bond donors (Lipinski definition) is 1. The zero-order chi connectivity index (χ0) is 9.64. The van der Waals surface area contributed by atoms with E-state index in [4.69, 9.17) is 4.42 Å². The molecule has 0 unspecified atom stereocenters. The molecule has 1 aliphatic heterocycles. The minimum atomic E-state index is 0.902. The van der Waals surface area contributed by atoms with Crippen molar-refractivity contribution in [2.75, 3.05) is 13.1 Å². The van der Waals surface area contributed by atoms with E-state index in [1.54, 1.807) is 6.26 Å². The molecule has 0 radical (unpaired) electrons. The SMILES string of the molecule is c1coc(CCC[C@@H]2CCCNC2)c1. The predicted molar refractivity (Wildman–Crippen MR) is 57.2 cm³/mol. The molecule has 78 valence electrons. The van der Waals surface area contributed by atoms with Gasteiger partial charge in [0.2, 0.25) is 0 Å². The Balaban J connectivity index is 1.62. The third-order valence-electron chi connectivity index (χ3n) is 3.01. The van der Waals surface area contributed by atoms with Crippen molar-refractivity contribution in [2.45, 2.75) is 32.1 Å². The second kappa shape index (κ2) is 5.20. The first kappa shape index (κ1) is 9.78. The molecule has 1 N–H and O–H groups in total. The number of nitrogens with one attached hydrogen (secondary N) is 1. The van der Waals surface area contributed by atoms with E-state index in [9.17, 15) is 0 Å². The normalized spacial score (nSPS) is 22.4. The smallest absolute Gasteiger partial charge is 0.103 e. The van der Waals surface area contributed by atoms with Crippen LogP contribution in [0.25, 0.3) is 0 Å². The van der Waals surface area contributed by atoms with Crippen LogP contribution in [0.5, 0.6) is 0 Å². The largest absolute Gasteiger partial charge is 0.469 e. The van der Waals surface area contributed by atoms with Gasteiger partial charge in [-0.2, -0.15) is 0 Å². The highest BCUT2D eigenvalue weighted by Crippen LogP contribution is 2.17. The lowest BCUT2D eigenvalue weighted by Gasteiger charge is -2.22. The first-order valence-electron chi connectivity index (χ1n) is 5.68. The fourth-order valence-corrected chi connectivity index (χ4v) is 2.19. The molecule has 0 bridgehead atoms. The average molecular weight is 193 g/mol. The second-order valence-corrected chi connectivity index (χ2v) is 4.18. The van der Waals surface area contributed by atoms with Crippen LogP contribution in [0.3, 0.4) is 0 Å². The van der Waals surface area contributed by atoms with Gasteiger partial charge in [0.05, 0.1) is 6.26 Å². The van der Waals surface area contributed by atoms with Crippen LogP contribution in [-0.2, 0) is 6.42 Å². The van der Waals surface area contributed by atoms with Gasteiger partial charge >= 0.3 is 0 Å². The number of aryl methyl sites for hydroxylation is 1. The maximum atomic E-state index is 5.31. The van der Waals surface area contributed by atoms with E-state index >= 15 is 0 Å². The molecule has 0 aliphatic carbocycles. The Morgan fingerprint density at radius 3 is 3.21 bits per heavy atom. The summed E-state index contributed by atoms with van der Waals surface area (Å²) in [5.41, 5.74) is 0. The molecule has 1 aromatic heterocycles. The van der Waals surface area contributed by atoms with E-state index in [1.165, 1.54) is 38.8 Å². The van der Waals surface area contributed by atoms with Crippen molar-refractivity contribution >= 4 is 0 Å². The number of piperidine rings is 1. The van der Waals surface area contributed by atoms with E-state index < -0.39 is 0 Å². The maximum Gasteiger partial charge on any atom is 0.103 e. The molecule has 1 aliphatic rings. The third kappa shape index (κ3) is 2.88. The van der Waals surface area contributed by atoms with Gasteiger partial charge in [0.15, 0.2) is 0 Å². The third-order valence-corrected chi connectivity index (χ3v) is 3.01. The van der Waals surface area contributed by atoms with Crippen LogP contribution in [0, 0.1) is 5.92 Å². The molecule has 1 atom stereocenters. The molecule has 0 saturated carbocycles. The Morgan fingerprint density at radius 1 is 1.50 bits per heavy atom. The van der Waals surface area contributed by atoms with Crippen LogP contribution >= 0.6 is 0 Å². The van der Waals surface area contributed by atoms with Gasteiger partial charge in [-0.25, -0.2) is 0 Å². The van der Waals surface area contributed by atoms with E-state index in [2.05, 4.69) is 11.4 Å². The van der Waals surface area contributed by atoms with Crippen LogP contribution in [0.2, 0.25) is 0 Å². The summed E-state index contributed by atoms with van der Waals surface area (Å²) in [6.07, 6.45) is 8.23. The van der Waals surface area contributed by atoms with Crippen molar-refractivity contribution in [3.8, 4) is 0 Å². The Hall–Kier alpha value is -0.760. The van der Waals surface area contributed by atoms with Gasteiger partial charge in [0, 0.05) is 6.42 Å². The van der Waals surface area contributed by atoms with Gasteiger partial charge < -0.3 is 9.73 Å². The lowest BCUT2D eigenvalue weighted by molar-refractivity contribution is 0.346. The second-order valence-electron chi connectivity index (χ2n) is 4.18. The topological polar surface area (TPSA) is 25.2 Å². The zero-order valence-corrected chi connectivity index (χ0v) is 8.67. The summed E-state index contributed by atoms with van der Waals surface area (Å²) >= 11 is 0.